The Hall–Kier alpha value is -1.36. The molecule has 1 aliphatic rings. The van der Waals surface area contributed by atoms with Crippen LogP contribution >= 0.6 is 0 Å². The number of sulfone groups is 1. The Balaban J connectivity index is 2.12. The highest BCUT2D eigenvalue weighted by atomic mass is 32.2. The van der Waals surface area contributed by atoms with Gasteiger partial charge in [-0.1, -0.05) is 12.5 Å². The fraction of sp³-hybridized carbons (Fsp3) is 0.462. The molecule has 4 nitrogen and oxygen atoms in total. The van der Waals surface area contributed by atoms with Gasteiger partial charge in [0.25, 0.3) is 0 Å². The molecule has 0 spiro atoms. The van der Waals surface area contributed by atoms with Crippen molar-refractivity contribution in [1.29, 1.82) is 0 Å². The van der Waals surface area contributed by atoms with Gasteiger partial charge in [-0.15, -0.1) is 0 Å². The molecule has 2 aromatic rings. The first kappa shape index (κ1) is 11.7. The SMILES string of the molecule is Cc1cccn2cc(C3CCCCS3(=O)=O)nc12. The average Bonchev–Trinajstić information content (AvgIpc) is 2.73. The molecule has 0 aromatic carbocycles. The largest absolute Gasteiger partial charge is 0.307 e. The minimum atomic E-state index is -3.01. The Morgan fingerprint density at radius 2 is 2.22 bits per heavy atom. The van der Waals surface area contributed by atoms with Crippen molar-refractivity contribution in [3.63, 3.8) is 0 Å². The van der Waals surface area contributed by atoms with Crippen LogP contribution in [0.2, 0.25) is 0 Å². The van der Waals surface area contributed by atoms with Crippen LogP contribution < -0.4 is 0 Å². The third-order valence-corrected chi connectivity index (χ3v) is 5.81. The number of hydrogen-bond acceptors (Lipinski definition) is 3. The van der Waals surface area contributed by atoms with Crippen LogP contribution in [0.1, 0.15) is 35.8 Å². The molecule has 1 atom stereocenters. The Morgan fingerprint density at radius 3 is 2.94 bits per heavy atom. The van der Waals surface area contributed by atoms with E-state index in [-0.39, 0.29) is 0 Å². The zero-order chi connectivity index (χ0) is 12.8. The van der Waals surface area contributed by atoms with Crippen molar-refractivity contribution in [3.8, 4) is 0 Å². The molecule has 0 amide bonds. The van der Waals surface area contributed by atoms with E-state index in [1.54, 1.807) is 0 Å². The summed E-state index contributed by atoms with van der Waals surface area (Å²) in [5.74, 6) is 0.296. The van der Waals surface area contributed by atoms with Gasteiger partial charge < -0.3 is 4.40 Å². The van der Waals surface area contributed by atoms with E-state index in [1.807, 2.05) is 35.9 Å². The average molecular weight is 264 g/mol. The highest BCUT2D eigenvalue weighted by Crippen LogP contribution is 2.33. The predicted molar refractivity (Wildman–Crippen MR) is 70.3 cm³/mol. The molecular formula is C13H16N2O2S. The number of fused-ring (bicyclic) bond motifs is 1. The van der Waals surface area contributed by atoms with Gasteiger partial charge in [0.2, 0.25) is 0 Å². The van der Waals surface area contributed by atoms with Crippen LogP contribution in [0.3, 0.4) is 0 Å². The second-order valence-electron chi connectivity index (χ2n) is 4.94. The molecule has 3 heterocycles. The number of hydrogen-bond donors (Lipinski definition) is 0. The summed E-state index contributed by atoms with van der Waals surface area (Å²) in [4.78, 5) is 4.52. The summed E-state index contributed by atoms with van der Waals surface area (Å²) >= 11 is 0. The minimum Gasteiger partial charge on any atom is -0.307 e. The molecular weight excluding hydrogens is 248 g/mol. The lowest BCUT2D eigenvalue weighted by Gasteiger charge is -2.20. The number of rotatable bonds is 1. The lowest BCUT2D eigenvalue weighted by molar-refractivity contribution is 0.543. The topological polar surface area (TPSA) is 51.4 Å². The van der Waals surface area contributed by atoms with Gasteiger partial charge in [-0.25, -0.2) is 13.4 Å². The van der Waals surface area contributed by atoms with E-state index in [2.05, 4.69) is 4.98 Å². The predicted octanol–water partition coefficient (Wildman–Crippen LogP) is 2.28. The summed E-state index contributed by atoms with van der Waals surface area (Å²) in [5, 5.41) is -0.412. The van der Waals surface area contributed by atoms with E-state index in [4.69, 9.17) is 0 Å². The highest BCUT2D eigenvalue weighted by molar-refractivity contribution is 7.91. The molecule has 1 saturated heterocycles. The number of aromatic nitrogens is 2. The van der Waals surface area contributed by atoms with Crippen LogP contribution in [-0.4, -0.2) is 23.6 Å². The zero-order valence-corrected chi connectivity index (χ0v) is 11.2. The second kappa shape index (κ2) is 4.09. The lowest BCUT2D eigenvalue weighted by Crippen LogP contribution is -2.21. The second-order valence-corrected chi connectivity index (χ2v) is 7.24. The Morgan fingerprint density at radius 1 is 1.39 bits per heavy atom. The fourth-order valence-electron chi connectivity index (χ4n) is 2.61. The minimum absolute atomic E-state index is 0.296. The summed E-state index contributed by atoms with van der Waals surface area (Å²) in [6.07, 6.45) is 6.22. The molecule has 96 valence electrons. The molecule has 0 saturated carbocycles. The summed E-state index contributed by atoms with van der Waals surface area (Å²) in [7, 11) is -3.01. The van der Waals surface area contributed by atoms with Gasteiger partial charge in [0.1, 0.15) is 10.9 Å². The maximum absolute atomic E-state index is 12.1. The summed E-state index contributed by atoms with van der Waals surface area (Å²) in [6.45, 7) is 1.99. The first-order chi connectivity index (χ1) is 8.58. The van der Waals surface area contributed by atoms with Crippen LogP contribution in [0.15, 0.2) is 24.5 Å². The molecule has 18 heavy (non-hydrogen) atoms. The monoisotopic (exact) mass is 264 g/mol. The molecule has 3 rings (SSSR count). The van der Waals surface area contributed by atoms with Crippen LogP contribution in [0.5, 0.6) is 0 Å². The molecule has 1 unspecified atom stereocenters. The molecule has 0 bridgehead atoms. The van der Waals surface area contributed by atoms with Crippen LogP contribution in [0.25, 0.3) is 5.65 Å². The van der Waals surface area contributed by atoms with Gasteiger partial charge in [0.15, 0.2) is 9.84 Å². The smallest absolute Gasteiger partial charge is 0.158 e. The van der Waals surface area contributed by atoms with Gasteiger partial charge >= 0.3 is 0 Å². The lowest BCUT2D eigenvalue weighted by atomic mass is 10.1. The van der Waals surface area contributed by atoms with Crippen molar-refractivity contribution >= 4 is 15.5 Å². The van der Waals surface area contributed by atoms with E-state index in [0.29, 0.717) is 17.9 Å². The Kier molecular flexibility index (Phi) is 2.66. The fourth-order valence-corrected chi connectivity index (χ4v) is 4.51. The summed E-state index contributed by atoms with van der Waals surface area (Å²) in [6, 6.07) is 3.94. The van der Waals surface area contributed by atoms with Crippen molar-refractivity contribution in [2.24, 2.45) is 0 Å². The van der Waals surface area contributed by atoms with Crippen LogP contribution in [0.4, 0.5) is 0 Å². The van der Waals surface area contributed by atoms with Crippen LogP contribution in [0, 0.1) is 6.92 Å². The van der Waals surface area contributed by atoms with E-state index in [1.165, 1.54) is 0 Å². The van der Waals surface area contributed by atoms with Gasteiger partial charge in [-0.2, -0.15) is 0 Å². The Labute approximate surface area is 107 Å². The van der Waals surface area contributed by atoms with Crippen molar-refractivity contribution in [3.05, 3.63) is 35.8 Å². The third-order valence-electron chi connectivity index (χ3n) is 3.61. The van der Waals surface area contributed by atoms with Crippen molar-refractivity contribution in [2.75, 3.05) is 5.75 Å². The van der Waals surface area contributed by atoms with Gasteiger partial charge in [0.05, 0.1) is 11.4 Å². The van der Waals surface area contributed by atoms with Gasteiger partial charge in [-0.05, 0) is 31.4 Å². The molecule has 0 radical (unpaired) electrons. The molecule has 2 aromatic heterocycles. The maximum atomic E-state index is 12.1. The molecule has 5 heteroatoms. The van der Waals surface area contributed by atoms with Gasteiger partial charge in [-0.3, -0.25) is 0 Å². The Bertz CT molecular complexity index is 688. The standard InChI is InChI=1S/C13H16N2O2S/c1-10-5-4-7-15-9-11(14-13(10)15)12-6-2-3-8-18(12,16)17/h4-5,7,9,12H,2-3,6,8H2,1H3. The van der Waals surface area contributed by atoms with Gasteiger partial charge in [0, 0.05) is 12.4 Å². The first-order valence-electron chi connectivity index (χ1n) is 6.24. The van der Waals surface area contributed by atoms with Crippen molar-refractivity contribution in [2.45, 2.75) is 31.4 Å². The summed E-state index contributed by atoms with van der Waals surface area (Å²) in [5.41, 5.74) is 2.62. The molecule has 1 aliphatic heterocycles. The maximum Gasteiger partial charge on any atom is 0.158 e. The number of nitrogens with zero attached hydrogens (tertiary/aromatic N) is 2. The number of pyridine rings is 1. The third kappa shape index (κ3) is 1.82. The summed E-state index contributed by atoms with van der Waals surface area (Å²) < 4.78 is 26.1. The van der Waals surface area contributed by atoms with E-state index in [0.717, 1.165) is 24.1 Å². The van der Waals surface area contributed by atoms with Crippen molar-refractivity contribution < 1.29 is 8.42 Å². The van der Waals surface area contributed by atoms with Crippen LogP contribution in [-0.2, 0) is 9.84 Å². The van der Waals surface area contributed by atoms with E-state index < -0.39 is 15.1 Å². The number of aryl methyl sites for hydroxylation is 1. The molecule has 1 fully saturated rings. The molecule has 0 aliphatic carbocycles. The normalized spacial score (nSPS) is 23.3. The van der Waals surface area contributed by atoms with E-state index in [9.17, 15) is 8.42 Å². The van der Waals surface area contributed by atoms with Crippen molar-refractivity contribution in [1.82, 2.24) is 9.38 Å². The number of imidazole rings is 1. The van der Waals surface area contributed by atoms with E-state index >= 15 is 0 Å². The quantitative estimate of drug-likeness (QED) is 0.794. The molecule has 0 N–H and O–H groups in total. The highest BCUT2D eigenvalue weighted by Gasteiger charge is 2.32. The first-order valence-corrected chi connectivity index (χ1v) is 7.95. The zero-order valence-electron chi connectivity index (χ0n) is 10.3.